The minimum Gasteiger partial charge on any atom is -0.381 e. The second-order valence-corrected chi connectivity index (χ2v) is 6.26. The van der Waals surface area contributed by atoms with Crippen LogP contribution in [0.5, 0.6) is 0 Å². The van der Waals surface area contributed by atoms with Crippen LogP contribution in [0.25, 0.3) is 0 Å². The molecule has 0 radical (unpaired) electrons. The van der Waals surface area contributed by atoms with E-state index in [1.54, 1.807) is 13.2 Å². The van der Waals surface area contributed by atoms with E-state index in [1.165, 1.54) is 22.2 Å². The van der Waals surface area contributed by atoms with Gasteiger partial charge >= 0.3 is 0 Å². The van der Waals surface area contributed by atoms with Crippen LogP contribution in [0.15, 0.2) is 17.6 Å². The Kier molecular flexibility index (Phi) is 2.79. The molecule has 2 aromatic rings. The molecule has 17 heavy (non-hydrogen) atoms. The van der Waals surface area contributed by atoms with E-state index in [2.05, 4.69) is 14.7 Å². The number of nitrogens with zero attached hydrogens (tertiary/aromatic N) is 3. The highest BCUT2D eigenvalue weighted by Crippen LogP contribution is 2.22. The van der Waals surface area contributed by atoms with Gasteiger partial charge in [-0.25, -0.2) is 9.97 Å². The molecule has 92 valence electrons. The molecule has 0 bridgehead atoms. The third kappa shape index (κ3) is 2.24. The molecule has 0 atom stereocenters. The van der Waals surface area contributed by atoms with Crippen LogP contribution in [0.2, 0.25) is 0 Å². The molecular weight excluding hydrogens is 262 g/mol. The molecule has 2 aromatic heterocycles. The SMILES string of the molecule is Cc1cnc(NS(=O)(=O)c2c(N)ncn2C)s1. The van der Waals surface area contributed by atoms with Gasteiger partial charge in [0.1, 0.15) is 0 Å². The molecule has 0 aromatic carbocycles. The largest absolute Gasteiger partial charge is 0.381 e. The second-order valence-electron chi connectivity index (χ2n) is 3.43. The van der Waals surface area contributed by atoms with Crippen LogP contribution in [-0.2, 0) is 17.1 Å². The number of aromatic nitrogens is 3. The average Bonchev–Trinajstić information content (AvgIpc) is 2.73. The summed E-state index contributed by atoms with van der Waals surface area (Å²) in [5, 5.41) is 0.244. The highest BCUT2D eigenvalue weighted by molar-refractivity contribution is 7.93. The summed E-state index contributed by atoms with van der Waals surface area (Å²) in [4.78, 5) is 8.58. The summed E-state index contributed by atoms with van der Waals surface area (Å²) < 4.78 is 27.8. The van der Waals surface area contributed by atoms with Gasteiger partial charge in [0.15, 0.2) is 16.0 Å². The molecule has 0 aliphatic heterocycles. The van der Waals surface area contributed by atoms with Gasteiger partial charge in [0.05, 0.1) is 6.33 Å². The molecule has 0 saturated carbocycles. The summed E-state index contributed by atoms with van der Waals surface area (Å²) in [7, 11) is -2.18. The summed E-state index contributed by atoms with van der Waals surface area (Å²) in [6.07, 6.45) is 2.94. The molecular formula is C8H11N5O2S2. The lowest BCUT2D eigenvalue weighted by molar-refractivity contribution is 0.592. The Balaban J connectivity index is 2.38. The Bertz CT molecular complexity index is 623. The summed E-state index contributed by atoms with van der Waals surface area (Å²) in [5.74, 6) is -0.0340. The third-order valence-electron chi connectivity index (χ3n) is 2.01. The first-order chi connectivity index (χ1) is 7.90. The molecule has 0 aliphatic carbocycles. The number of sulfonamides is 1. The van der Waals surface area contributed by atoms with Crippen molar-refractivity contribution >= 4 is 32.3 Å². The van der Waals surface area contributed by atoms with Gasteiger partial charge in [-0.2, -0.15) is 8.42 Å². The fraction of sp³-hybridized carbons (Fsp3) is 0.250. The van der Waals surface area contributed by atoms with Crippen LogP contribution in [0.1, 0.15) is 4.88 Å². The van der Waals surface area contributed by atoms with E-state index in [1.807, 2.05) is 6.92 Å². The van der Waals surface area contributed by atoms with Crippen LogP contribution in [0.4, 0.5) is 10.9 Å². The number of anilines is 2. The van der Waals surface area contributed by atoms with E-state index in [4.69, 9.17) is 5.73 Å². The number of hydrogen-bond donors (Lipinski definition) is 2. The zero-order valence-corrected chi connectivity index (χ0v) is 10.8. The lowest BCUT2D eigenvalue weighted by Crippen LogP contribution is -2.17. The van der Waals surface area contributed by atoms with Crippen molar-refractivity contribution in [1.82, 2.24) is 14.5 Å². The number of rotatable bonds is 3. The third-order valence-corrected chi connectivity index (χ3v) is 4.43. The second kappa shape index (κ2) is 4.00. The standard InChI is InChI=1S/C8H11N5O2S2/c1-5-3-10-8(16-5)12-17(14,15)7-6(9)11-4-13(7)2/h3-4H,9H2,1-2H3,(H,10,12). The van der Waals surface area contributed by atoms with Gasteiger partial charge in [-0.15, -0.1) is 11.3 Å². The first-order valence-electron chi connectivity index (χ1n) is 4.62. The van der Waals surface area contributed by atoms with Crippen molar-refractivity contribution in [2.24, 2.45) is 7.05 Å². The molecule has 0 aliphatic rings. The lowest BCUT2D eigenvalue weighted by atomic mass is 10.7. The summed E-state index contributed by atoms with van der Waals surface area (Å²) in [6.45, 7) is 1.84. The molecule has 0 saturated heterocycles. The predicted molar refractivity (Wildman–Crippen MR) is 65.3 cm³/mol. The van der Waals surface area contributed by atoms with E-state index >= 15 is 0 Å². The average molecular weight is 273 g/mol. The molecule has 3 N–H and O–H groups in total. The van der Waals surface area contributed by atoms with Gasteiger partial charge in [-0.1, -0.05) is 0 Å². The van der Waals surface area contributed by atoms with Gasteiger partial charge in [0.2, 0.25) is 0 Å². The van der Waals surface area contributed by atoms with E-state index in [9.17, 15) is 8.42 Å². The van der Waals surface area contributed by atoms with Gasteiger partial charge < -0.3 is 10.3 Å². The minimum absolute atomic E-state index is 0.0340. The van der Waals surface area contributed by atoms with Gasteiger partial charge in [-0.05, 0) is 6.92 Å². The van der Waals surface area contributed by atoms with Crippen molar-refractivity contribution in [1.29, 1.82) is 0 Å². The topological polar surface area (TPSA) is 103 Å². The molecule has 0 spiro atoms. The predicted octanol–water partition coefficient (Wildman–Crippen LogP) is 0.568. The van der Waals surface area contributed by atoms with Crippen LogP contribution in [-0.4, -0.2) is 23.0 Å². The normalized spacial score (nSPS) is 11.6. The Hall–Kier alpha value is -1.61. The van der Waals surface area contributed by atoms with Crippen molar-refractivity contribution in [2.75, 3.05) is 10.5 Å². The maximum absolute atomic E-state index is 12.0. The van der Waals surface area contributed by atoms with Crippen LogP contribution in [0, 0.1) is 6.92 Å². The van der Waals surface area contributed by atoms with Gasteiger partial charge in [0, 0.05) is 18.1 Å². The van der Waals surface area contributed by atoms with Gasteiger partial charge in [-0.3, -0.25) is 4.72 Å². The lowest BCUT2D eigenvalue weighted by Gasteiger charge is -2.05. The van der Waals surface area contributed by atoms with E-state index in [0.717, 1.165) is 4.88 Å². The molecule has 2 heterocycles. The zero-order chi connectivity index (χ0) is 12.6. The molecule has 2 rings (SSSR count). The quantitative estimate of drug-likeness (QED) is 0.851. The zero-order valence-electron chi connectivity index (χ0n) is 9.21. The van der Waals surface area contributed by atoms with E-state index < -0.39 is 10.0 Å². The monoisotopic (exact) mass is 273 g/mol. The summed E-state index contributed by atoms with van der Waals surface area (Å²) in [5.41, 5.74) is 5.52. The number of nitrogens with one attached hydrogen (secondary N) is 1. The van der Waals surface area contributed by atoms with Crippen molar-refractivity contribution in [3.8, 4) is 0 Å². The van der Waals surface area contributed by atoms with Crippen molar-refractivity contribution in [3.63, 3.8) is 0 Å². The van der Waals surface area contributed by atoms with Crippen LogP contribution >= 0.6 is 11.3 Å². The smallest absolute Gasteiger partial charge is 0.283 e. The summed E-state index contributed by atoms with van der Waals surface area (Å²) in [6, 6.07) is 0. The number of aryl methyl sites for hydroxylation is 2. The molecule has 7 nitrogen and oxygen atoms in total. The van der Waals surface area contributed by atoms with Crippen LogP contribution < -0.4 is 10.5 Å². The fourth-order valence-corrected chi connectivity index (χ4v) is 3.47. The minimum atomic E-state index is -3.74. The van der Waals surface area contributed by atoms with Crippen molar-refractivity contribution in [2.45, 2.75) is 11.9 Å². The number of thiazole rings is 1. The molecule has 0 amide bonds. The van der Waals surface area contributed by atoms with Crippen LogP contribution in [0.3, 0.4) is 0 Å². The number of hydrogen-bond acceptors (Lipinski definition) is 6. The maximum Gasteiger partial charge on any atom is 0.283 e. The van der Waals surface area contributed by atoms with Crippen molar-refractivity contribution < 1.29 is 8.42 Å². The molecule has 9 heteroatoms. The fourth-order valence-electron chi connectivity index (χ4n) is 1.33. The van der Waals surface area contributed by atoms with Crippen molar-refractivity contribution in [3.05, 3.63) is 17.4 Å². The van der Waals surface area contributed by atoms with E-state index in [-0.39, 0.29) is 10.8 Å². The number of imidazole rings is 1. The highest BCUT2D eigenvalue weighted by atomic mass is 32.2. The maximum atomic E-state index is 12.0. The Morgan fingerprint density at radius 1 is 1.47 bits per heavy atom. The van der Waals surface area contributed by atoms with Gasteiger partial charge in [0.25, 0.3) is 10.0 Å². The first kappa shape index (κ1) is 11.9. The highest BCUT2D eigenvalue weighted by Gasteiger charge is 2.23. The number of nitrogen functional groups attached to an aromatic ring is 1. The Morgan fingerprint density at radius 3 is 2.65 bits per heavy atom. The van der Waals surface area contributed by atoms with E-state index in [0.29, 0.717) is 5.13 Å². The Labute approximate surface area is 102 Å². The first-order valence-corrected chi connectivity index (χ1v) is 6.92. The summed E-state index contributed by atoms with van der Waals surface area (Å²) >= 11 is 1.25. The Morgan fingerprint density at radius 2 is 2.18 bits per heavy atom. The number of nitrogens with two attached hydrogens (primary N) is 1. The molecule has 0 unspecified atom stereocenters. The molecule has 0 fully saturated rings.